The fraction of sp³-hybridized carbons (Fsp3) is 0. The van der Waals surface area contributed by atoms with Crippen LogP contribution >= 0.6 is 10.5 Å². The fourth-order valence-electron chi connectivity index (χ4n) is 1.51. The monoisotopic (exact) mass is 213 g/mol. The zero-order valence-corrected chi connectivity index (χ0v) is 9.34. The molecule has 0 fully saturated rings. The van der Waals surface area contributed by atoms with Crippen molar-refractivity contribution in [2.24, 2.45) is 0 Å². The summed E-state index contributed by atoms with van der Waals surface area (Å²) in [6.07, 6.45) is 5.74. The molecule has 0 radical (unpaired) electrons. The lowest BCUT2D eigenvalue weighted by atomic mass is 10.3. The molecular formula is C14H13S+. The van der Waals surface area contributed by atoms with Crippen LogP contribution < -0.4 is 0 Å². The van der Waals surface area contributed by atoms with Crippen molar-refractivity contribution in [3.05, 3.63) is 67.1 Å². The van der Waals surface area contributed by atoms with E-state index < -0.39 is 0 Å². The minimum absolute atomic E-state index is 0.0419. The van der Waals surface area contributed by atoms with E-state index in [9.17, 15) is 0 Å². The molecule has 1 aromatic carbocycles. The molecule has 2 aromatic rings. The van der Waals surface area contributed by atoms with E-state index in [2.05, 4.69) is 48.9 Å². The molecular weight excluding hydrogens is 200 g/mol. The number of allylic oxidation sites excluding steroid dienone is 4. The third kappa shape index (κ3) is 1.92. The lowest BCUT2D eigenvalue weighted by Gasteiger charge is -1.88. The second-order valence-corrected chi connectivity index (χ2v) is 5.15. The number of rotatable bonds is 3. The van der Waals surface area contributed by atoms with E-state index in [1.165, 1.54) is 10.1 Å². The van der Waals surface area contributed by atoms with Crippen LogP contribution in [0.15, 0.2) is 67.1 Å². The first kappa shape index (κ1) is 9.94. The third-order valence-corrected chi connectivity index (χ3v) is 4.20. The molecule has 0 aliphatic heterocycles. The Kier molecular flexibility index (Phi) is 2.84. The molecule has 0 nitrogen and oxygen atoms in total. The molecule has 2 rings (SSSR count). The molecule has 1 atom stereocenters. The number of benzene rings is 1. The SMILES string of the molecule is C=C/C=C\C(=C)[s+]1ccc2ccccc21. The quantitative estimate of drug-likeness (QED) is 0.507. The number of hydrogen-bond donors (Lipinski definition) is 0. The Labute approximate surface area is 92.8 Å². The van der Waals surface area contributed by atoms with Gasteiger partial charge in [-0.3, -0.25) is 0 Å². The summed E-state index contributed by atoms with van der Waals surface area (Å²) in [5, 5.41) is 3.54. The van der Waals surface area contributed by atoms with E-state index >= 15 is 0 Å². The van der Waals surface area contributed by atoms with Gasteiger partial charge in [0.05, 0.1) is 0 Å². The minimum atomic E-state index is 0.0419. The van der Waals surface area contributed by atoms with Crippen molar-refractivity contribution in [3.8, 4) is 0 Å². The van der Waals surface area contributed by atoms with Gasteiger partial charge in [-0.15, -0.1) is 0 Å². The molecule has 0 bridgehead atoms. The Hall–Kier alpha value is -1.60. The van der Waals surface area contributed by atoms with Crippen molar-refractivity contribution in [1.82, 2.24) is 0 Å². The van der Waals surface area contributed by atoms with Crippen LogP contribution in [0.4, 0.5) is 0 Å². The van der Waals surface area contributed by atoms with E-state index in [0.717, 1.165) is 4.91 Å². The highest BCUT2D eigenvalue weighted by Crippen LogP contribution is 2.38. The zero-order chi connectivity index (χ0) is 10.7. The van der Waals surface area contributed by atoms with Crippen LogP contribution in [-0.4, -0.2) is 0 Å². The molecule has 1 unspecified atom stereocenters. The van der Waals surface area contributed by atoms with E-state index in [1.54, 1.807) is 6.08 Å². The minimum Gasteiger partial charge on any atom is -0.0991 e. The standard InChI is InChI=1S/C14H13S/c1-3-4-7-12(2)15-11-10-13-8-5-6-9-14(13)15/h3-11H,1-2H2/q+1/b7-4-. The number of fused-ring (bicyclic) bond motifs is 1. The lowest BCUT2D eigenvalue weighted by Crippen LogP contribution is -1.64. The van der Waals surface area contributed by atoms with Gasteiger partial charge in [0.15, 0.2) is 9.61 Å². The first-order valence-corrected chi connectivity index (χ1v) is 6.10. The van der Waals surface area contributed by atoms with E-state index in [1.807, 2.05) is 12.2 Å². The van der Waals surface area contributed by atoms with Crippen LogP contribution in [0.25, 0.3) is 15.0 Å². The highest BCUT2D eigenvalue weighted by atomic mass is 32.2. The van der Waals surface area contributed by atoms with Crippen molar-refractivity contribution in [1.29, 1.82) is 0 Å². The van der Waals surface area contributed by atoms with Crippen LogP contribution in [0.2, 0.25) is 0 Å². The van der Waals surface area contributed by atoms with E-state index in [4.69, 9.17) is 0 Å². The van der Waals surface area contributed by atoms with Crippen molar-refractivity contribution in [2.45, 2.75) is 0 Å². The Morgan fingerprint density at radius 2 is 2.00 bits per heavy atom. The molecule has 0 amide bonds. The van der Waals surface area contributed by atoms with Crippen molar-refractivity contribution >= 4 is 25.5 Å². The summed E-state index contributed by atoms with van der Waals surface area (Å²) in [6.45, 7) is 7.76. The van der Waals surface area contributed by atoms with E-state index in [0.29, 0.717) is 0 Å². The normalized spacial score (nSPS) is 12.1. The van der Waals surface area contributed by atoms with Gasteiger partial charge < -0.3 is 0 Å². The van der Waals surface area contributed by atoms with Crippen LogP contribution in [0.1, 0.15) is 0 Å². The molecule has 15 heavy (non-hydrogen) atoms. The maximum Gasteiger partial charge on any atom is 0.186 e. The van der Waals surface area contributed by atoms with Gasteiger partial charge in [-0.2, -0.15) is 0 Å². The average molecular weight is 213 g/mol. The average Bonchev–Trinajstić information content (AvgIpc) is 2.69. The Morgan fingerprint density at radius 3 is 2.80 bits per heavy atom. The second kappa shape index (κ2) is 4.28. The second-order valence-electron chi connectivity index (χ2n) is 3.24. The van der Waals surface area contributed by atoms with Gasteiger partial charge in [0.2, 0.25) is 0 Å². The van der Waals surface area contributed by atoms with Crippen LogP contribution in [0, 0.1) is 0 Å². The molecule has 0 saturated heterocycles. The molecule has 1 aromatic heterocycles. The molecule has 0 aliphatic carbocycles. The van der Waals surface area contributed by atoms with Gasteiger partial charge in [0.25, 0.3) is 0 Å². The largest absolute Gasteiger partial charge is 0.186 e. The Bertz CT molecular complexity index is 529. The van der Waals surface area contributed by atoms with Crippen LogP contribution in [-0.2, 0) is 0 Å². The van der Waals surface area contributed by atoms with Gasteiger partial charge in [-0.05, 0) is 24.8 Å². The van der Waals surface area contributed by atoms with Crippen LogP contribution in [0.5, 0.6) is 0 Å². The summed E-state index contributed by atoms with van der Waals surface area (Å²) in [4.78, 5) is 1.14. The van der Waals surface area contributed by atoms with Crippen LogP contribution in [0.3, 0.4) is 0 Å². The molecule has 0 spiro atoms. The summed E-state index contributed by atoms with van der Waals surface area (Å²) < 4.78 is 1.37. The molecule has 1 heterocycles. The number of hydrogen-bond acceptors (Lipinski definition) is 0. The van der Waals surface area contributed by atoms with Crippen molar-refractivity contribution < 1.29 is 0 Å². The maximum atomic E-state index is 4.10. The fourth-order valence-corrected chi connectivity index (χ4v) is 3.24. The van der Waals surface area contributed by atoms with Crippen molar-refractivity contribution in [3.63, 3.8) is 0 Å². The maximum absolute atomic E-state index is 4.10. The lowest BCUT2D eigenvalue weighted by molar-refractivity contribution is 1.86. The highest BCUT2D eigenvalue weighted by molar-refractivity contribution is 7.47. The summed E-state index contributed by atoms with van der Waals surface area (Å²) in [6, 6.07) is 10.6. The third-order valence-electron chi connectivity index (χ3n) is 2.24. The summed E-state index contributed by atoms with van der Waals surface area (Å²) in [5.41, 5.74) is 0. The molecule has 0 N–H and O–H groups in total. The number of thiophene rings is 1. The first-order valence-electron chi connectivity index (χ1n) is 4.81. The van der Waals surface area contributed by atoms with Gasteiger partial charge in [0, 0.05) is 21.9 Å². The Balaban J connectivity index is 2.48. The highest BCUT2D eigenvalue weighted by Gasteiger charge is 2.13. The predicted molar refractivity (Wildman–Crippen MR) is 71.1 cm³/mol. The van der Waals surface area contributed by atoms with E-state index in [-0.39, 0.29) is 10.5 Å². The summed E-state index contributed by atoms with van der Waals surface area (Å²) in [7, 11) is 0.0419. The Morgan fingerprint density at radius 1 is 1.20 bits per heavy atom. The summed E-state index contributed by atoms with van der Waals surface area (Å²) in [5.74, 6) is 0. The first-order chi connectivity index (χ1) is 7.33. The topological polar surface area (TPSA) is 0 Å². The molecule has 1 heteroatoms. The van der Waals surface area contributed by atoms with Crippen molar-refractivity contribution in [2.75, 3.05) is 0 Å². The molecule has 74 valence electrons. The predicted octanol–water partition coefficient (Wildman–Crippen LogP) is 4.80. The molecule has 0 aliphatic rings. The zero-order valence-electron chi connectivity index (χ0n) is 8.52. The van der Waals surface area contributed by atoms with Gasteiger partial charge in [-0.25, -0.2) is 0 Å². The van der Waals surface area contributed by atoms with Gasteiger partial charge in [0.1, 0.15) is 5.38 Å². The van der Waals surface area contributed by atoms with Gasteiger partial charge >= 0.3 is 0 Å². The smallest absolute Gasteiger partial charge is 0.0991 e. The molecule has 0 saturated carbocycles. The summed E-state index contributed by atoms with van der Waals surface area (Å²) >= 11 is 0. The van der Waals surface area contributed by atoms with Gasteiger partial charge in [-0.1, -0.05) is 30.9 Å².